The molecule has 0 amide bonds. The van der Waals surface area contributed by atoms with Crippen molar-refractivity contribution in [3.63, 3.8) is 0 Å². The Morgan fingerprint density at radius 2 is 1.81 bits per heavy atom. The molecule has 0 aliphatic rings. The van der Waals surface area contributed by atoms with Crippen LogP contribution in [-0.4, -0.2) is 15.0 Å². The Morgan fingerprint density at radius 3 is 2.67 bits per heavy atom. The van der Waals surface area contributed by atoms with Crippen molar-refractivity contribution in [1.29, 1.82) is 0 Å². The summed E-state index contributed by atoms with van der Waals surface area (Å²) in [4.78, 5) is 10.3. The largest absolute Gasteiger partial charge is 0.359 e. The molecule has 0 aliphatic carbocycles. The maximum atomic E-state index is 13.7. The number of halogens is 2. The molecule has 21 heavy (non-hydrogen) atoms. The Kier molecular flexibility index (Phi) is 2.54. The fraction of sp³-hybridized carbons (Fsp3) is 0.0625. The van der Waals surface area contributed by atoms with Crippen molar-refractivity contribution in [3.05, 3.63) is 65.6 Å². The Bertz CT molecular complexity index is 953. The summed E-state index contributed by atoms with van der Waals surface area (Å²) < 4.78 is 27.3. The van der Waals surface area contributed by atoms with Crippen LogP contribution >= 0.6 is 0 Å². The van der Waals surface area contributed by atoms with Crippen LogP contribution in [0, 0.1) is 11.6 Å². The zero-order valence-electron chi connectivity index (χ0n) is 11.0. The van der Waals surface area contributed by atoms with Gasteiger partial charge in [-0.2, -0.15) is 0 Å². The first-order valence-corrected chi connectivity index (χ1v) is 6.60. The summed E-state index contributed by atoms with van der Waals surface area (Å²) in [5.41, 5.74) is 2.40. The number of aromatic amines is 2. The van der Waals surface area contributed by atoms with E-state index in [1.54, 1.807) is 24.4 Å². The van der Waals surface area contributed by atoms with Crippen LogP contribution in [0.15, 0.2) is 42.6 Å². The molecule has 0 saturated carbocycles. The molecule has 2 heterocycles. The molecular formula is C16H11F2N3. The summed E-state index contributed by atoms with van der Waals surface area (Å²) in [6.07, 6.45) is 2.24. The summed E-state index contributed by atoms with van der Waals surface area (Å²) in [7, 11) is 0. The number of rotatable bonds is 2. The molecule has 0 aliphatic heterocycles. The topological polar surface area (TPSA) is 44.5 Å². The molecule has 3 nitrogen and oxygen atoms in total. The van der Waals surface area contributed by atoms with Crippen LogP contribution in [0.25, 0.3) is 21.9 Å². The number of H-pyrrole nitrogens is 2. The van der Waals surface area contributed by atoms with Crippen LogP contribution in [0.1, 0.15) is 11.4 Å². The summed E-state index contributed by atoms with van der Waals surface area (Å²) in [5, 5.41) is 0.816. The molecular weight excluding hydrogens is 272 g/mol. The second-order valence-electron chi connectivity index (χ2n) is 4.97. The number of nitrogens with one attached hydrogen (secondary N) is 2. The van der Waals surface area contributed by atoms with Gasteiger partial charge < -0.3 is 9.97 Å². The summed E-state index contributed by atoms with van der Waals surface area (Å²) in [6.45, 7) is 0. The lowest BCUT2D eigenvalue weighted by Crippen LogP contribution is -1.89. The van der Waals surface area contributed by atoms with E-state index >= 15 is 0 Å². The van der Waals surface area contributed by atoms with E-state index in [9.17, 15) is 8.78 Å². The van der Waals surface area contributed by atoms with Gasteiger partial charge in [0.25, 0.3) is 0 Å². The maximum Gasteiger partial charge on any atom is 0.151 e. The molecule has 0 saturated heterocycles. The first-order valence-electron chi connectivity index (χ1n) is 6.60. The molecule has 0 spiro atoms. The number of benzene rings is 2. The molecule has 0 radical (unpaired) electrons. The minimum Gasteiger partial charge on any atom is -0.359 e. The standard InChI is InChI=1S/C16H11F2N3/c17-11-4-1-3-10-9(8-19-15(10)11)7-14-20-13-6-2-5-12(18)16(13)21-14/h1-6,8,19H,7H2,(H,20,21). The van der Waals surface area contributed by atoms with Crippen LogP contribution in [0.3, 0.4) is 0 Å². The van der Waals surface area contributed by atoms with Gasteiger partial charge in [0.2, 0.25) is 0 Å². The normalized spacial score (nSPS) is 11.5. The molecule has 4 aromatic rings. The van der Waals surface area contributed by atoms with Gasteiger partial charge in [-0.15, -0.1) is 0 Å². The first kappa shape index (κ1) is 12.1. The van der Waals surface area contributed by atoms with Gasteiger partial charge in [-0.1, -0.05) is 18.2 Å². The SMILES string of the molecule is Fc1cccc2[nH]c(Cc3c[nH]c4c(F)cccc34)nc12. The van der Waals surface area contributed by atoms with Crippen molar-refractivity contribution < 1.29 is 8.78 Å². The lowest BCUT2D eigenvalue weighted by Gasteiger charge is -1.96. The Labute approximate surface area is 118 Å². The molecule has 2 aromatic carbocycles. The highest BCUT2D eigenvalue weighted by Gasteiger charge is 2.11. The molecule has 0 bridgehead atoms. The average molecular weight is 283 g/mol. The lowest BCUT2D eigenvalue weighted by atomic mass is 10.1. The van der Waals surface area contributed by atoms with E-state index in [-0.39, 0.29) is 11.6 Å². The Hall–Kier alpha value is -2.69. The zero-order valence-corrected chi connectivity index (χ0v) is 11.0. The second-order valence-corrected chi connectivity index (χ2v) is 4.97. The van der Waals surface area contributed by atoms with Gasteiger partial charge in [-0.3, -0.25) is 0 Å². The van der Waals surface area contributed by atoms with Crippen molar-refractivity contribution in [2.24, 2.45) is 0 Å². The fourth-order valence-corrected chi connectivity index (χ4v) is 2.63. The molecule has 0 fully saturated rings. The molecule has 2 aromatic heterocycles. The van der Waals surface area contributed by atoms with Crippen molar-refractivity contribution in [1.82, 2.24) is 15.0 Å². The van der Waals surface area contributed by atoms with E-state index in [1.165, 1.54) is 12.1 Å². The van der Waals surface area contributed by atoms with Crippen molar-refractivity contribution in [2.45, 2.75) is 6.42 Å². The van der Waals surface area contributed by atoms with Gasteiger partial charge in [0.05, 0.1) is 11.0 Å². The van der Waals surface area contributed by atoms with Gasteiger partial charge >= 0.3 is 0 Å². The highest BCUT2D eigenvalue weighted by Crippen LogP contribution is 2.23. The minimum atomic E-state index is -0.347. The van der Waals surface area contributed by atoms with Gasteiger partial charge in [0.1, 0.15) is 17.2 Å². The molecule has 4 rings (SSSR count). The van der Waals surface area contributed by atoms with Gasteiger partial charge in [-0.05, 0) is 23.8 Å². The third-order valence-corrected chi connectivity index (χ3v) is 3.62. The Balaban J connectivity index is 1.79. The highest BCUT2D eigenvalue weighted by atomic mass is 19.1. The summed E-state index contributed by atoms with van der Waals surface area (Å²) in [6, 6.07) is 9.75. The lowest BCUT2D eigenvalue weighted by molar-refractivity contribution is 0.637. The van der Waals surface area contributed by atoms with E-state index in [0.29, 0.717) is 28.8 Å². The number of para-hydroxylation sites is 2. The summed E-state index contributed by atoms with van der Waals surface area (Å²) >= 11 is 0. The second kappa shape index (κ2) is 4.41. The third kappa shape index (κ3) is 1.89. The predicted molar refractivity (Wildman–Crippen MR) is 77.1 cm³/mol. The molecule has 5 heteroatoms. The third-order valence-electron chi connectivity index (χ3n) is 3.62. The summed E-state index contributed by atoms with van der Waals surface area (Å²) in [5.74, 6) is 0.0228. The van der Waals surface area contributed by atoms with Gasteiger partial charge in [0, 0.05) is 18.0 Å². The van der Waals surface area contributed by atoms with Crippen LogP contribution in [0.5, 0.6) is 0 Å². The number of hydrogen-bond acceptors (Lipinski definition) is 1. The molecule has 0 unspecified atom stereocenters. The predicted octanol–water partition coefficient (Wildman–Crippen LogP) is 3.91. The van der Waals surface area contributed by atoms with E-state index in [1.807, 2.05) is 6.07 Å². The van der Waals surface area contributed by atoms with Crippen LogP contribution < -0.4 is 0 Å². The van der Waals surface area contributed by atoms with Gasteiger partial charge in [0.15, 0.2) is 5.82 Å². The smallest absolute Gasteiger partial charge is 0.151 e. The Morgan fingerprint density at radius 1 is 1.00 bits per heavy atom. The first-order chi connectivity index (χ1) is 10.2. The molecule has 2 N–H and O–H groups in total. The molecule has 0 atom stereocenters. The highest BCUT2D eigenvalue weighted by molar-refractivity contribution is 5.84. The molecule has 104 valence electrons. The number of nitrogens with zero attached hydrogens (tertiary/aromatic N) is 1. The number of hydrogen-bond donors (Lipinski definition) is 2. The van der Waals surface area contributed by atoms with Crippen LogP contribution in [0.2, 0.25) is 0 Å². The maximum absolute atomic E-state index is 13.7. The number of imidazole rings is 1. The number of fused-ring (bicyclic) bond motifs is 2. The van der Waals surface area contributed by atoms with E-state index in [0.717, 1.165) is 10.9 Å². The quantitative estimate of drug-likeness (QED) is 0.575. The minimum absolute atomic E-state index is 0.283. The van der Waals surface area contributed by atoms with Crippen molar-refractivity contribution in [2.75, 3.05) is 0 Å². The van der Waals surface area contributed by atoms with Crippen molar-refractivity contribution in [3.8, 4) is 0 Å². The van der Waals surface area contributed by atoms with E-state index < -0.39 is 0 Å². The van der Waals surface area contributed by atoms with Crippen LogP contribution in [0.4, 0.5) is 8.78 Å². The van der Waals surface area contributed by atoms with E-state index in [2.05, 4.69) is 15.0 Å². The monoisotopic (exact) mass is 283 g/mol. The van der Waals surface area contributed by atoms with Crippen LogP contribution in [-0.2, 0) is 6.42 Å². The fourth-order valence-electron chi connectivity index (χ4n) is 2.63. The average Bonchev–Trinajstić information content (AvgIpc) is 3.06. The van der Waals surface area contributed by atoms with E-state index in [4.69, 9.17) is 0 Å². The van der Waals surface area contributed by atoms with Crippen molar-refractivity contribution >= 4 is 21.9 Å². The zero-order chi connectivity index (χ0) is 14.4. The number of aromatic nitrogens is 3. The van der Waals surface area contributed by atoms with Gasteiger partial charge in [-0.25, -0.2) is 13.8 Å².